The van der Waals surface area contributed by atoms with E-state index in [-0.39, 0.29) is 12.5 Å². The summed E-state index contributed by atoms with van der Waals surface area (Å²) >= 11 is 0. The molecule has 0 aliphatic heterocycles. The number of nitrogens with zero attached hydrogens (tertiary/aromatic N) is 1. The molecule has 0 bridgehead atoms. The molecule has 6 nitrogen and oxygen atoms in total. The first kappa shape index (κ1) is 14.2. The predicted molar refractivity (Wildman–Crippen MR) is 57.7 cm³/mol. The van der Waals surface area contributed by atoms with Crippen molar-refractivity contribution in [3.8, 4) is 0 Å². The van der Waals surface area contributed by atoms with Gasteiger partial charge in [0.05, 0.1) is 6.54 Å². The third-order valence-corrected chi connectivity index (χ3v) is 1.91. The van der Waals surface area contributed by atoms with Crippen molar-refractivity contribution in [2.75, 3.05) is 19.6 Å². The van der Waals surface area contributed by atoms with E-state index in [9.17, 15) is 14.4 Å². The summed E-state index contributed by atoms with van der Waals surface area (Å²) in [7, 11) is 0. The molecule has 0 unspecified atom stereocenters. The van der Waals surface area contributed by atoms with E-state index >= 15 is 0 Å². The number of carboxylic acid groups (broad SMARTS) is 1. The highest BCUT2D eigenvalue weighted by atomic mass is 16.4. The highest BCUT2D eigenvalue weighted by Gasteiger charge is 2.09. The number of hydrogen-bond donors (Lipinski definition) is 2. The second-order valence-electron chi connectivity index (χ2n) is 2.96. The Labute approximate surface area is 93.9 Å². The van der Waals surface area contributed by atoms with Gasteiger partial charge in [0.1, 0.15) is 0 Å². The standard InChI is InChI=1S/C10H16N2O4/c1-3-12(4-2)9(14)7-11-8(13)5-6-10(15)16/h5-6H,3-4,7H2,1-2H3,(H,11,13)(H,15,16)/b6-5+. The van der Waals surface area contributed by atoms with Crippen molar-refractivity contribution in [2.45, 2.75) is 13.8 Å². The van der Waals surface area contributed by atoms with Crippen LogP contribution in [0.1, 0.15) is 13.8 Å². The minimum Gasteiger partial charge on any atom is -0.478 e. The zero-order chi connectivity index (χ0) is 12.6. The second-order valence-corrected chi connectivity index (χ2v) is 2.96. The van der Waals surface area contributed by atoms with Crippen molar-refractivity contribution in [1.29, 1.82) is 0 Å². The molecule has 16 heavy (non-hydrogen) atoms. The quantitative estimate of drug-likeness (QED) is 0.606. The van der Waals surface area contributed by atoms with Crippen molar-refractivity contribution < 1.29 is 19.5 Å². The lowest BCUT2D eigenvalue weighted by Gasteiger charge is -2.18. The minimum absolute atomic E-state index is 0.121. The summed E-state index contributed by atoms with van der Waals surface area (Å²) in [6.07, 6.45) is 1.59. The normalized spacial score (nSPS) is 10.1. The molecule has 2 amide bonds. The average Bonchev–Trinajstić information content (AvgIpc) is 2.25. The average molecular weight is 228 g/mol. The predicted octanol–water partition coefficient (Wildman–Crippen LogP) is -0.388. The van der Waals surface area contributed by atoms with Crippen LogP contribution in [0, 0.1) is 0 Å². The van der Waals surface area contributed by atoms with Crippen molar-refractivity contribution in [2.24, 2.45) is 0 Å². The van der Waals surface area contributed by atoms with Gasteiger partial charge in [0, 0.05) is 25.2 Å². The summed E-state index contributed by atoms with van der Waals surface area (Å²) < 4.78 is 0. The summed E-state index contributed by atoms with van der Waals surface area (Å²) in [6.45, 7) is 4.72. The largest absolute Gasteiger partial charge is 0.478 e. The topological polar surface area (TPSA) is 86.7 Å². The molecule has 0 saturated carbocycles. The third kappa shape index (κ3) is 5.79. The lowest BCUT2D eigenvalue weighted by molar-refractivity contribution is -0.131. The number of likely N-dealkylation sites (N-methyl/N-ethyl adjacent to an activating group) is 1. The Morgan fingerprint density at radius 2 is 1.75 bits per heavy atom. The van der Waals surface area contributed by atoms with Gasteiger partial charge in [-0.15, -0.1) is 0 Å². The maximum absolute atomic E-state index is 11.4. The molecule has 0 aliphatic rings. The van der Waals surface area contributed by atoms with Crippen LogP contribution in [0.2, 0.25) is 0 Å². The van der Waals surface area contributed by atoms with Crippen LogP contribution in [0.5, 0.6) is 0 Å². The van der Waals surface area contributed by atoms with Crippen LogP contribution >= 0.6 is 0 Å². The van der Waals surface area contributed by atoms with Crippen molar-refractivity contribution >= 4 is 17.8 Å². The van der Waals surface area contributed by atoms with Crippen LogP contribution in [0.4, 0.5) is 0 Å². The van der Waals surface area contributed by atoms with Crippen LogP contribution in [0.3, 0.4) is 0 Å². The van der Waals surface area contributed by atoms with Gasteiger partial charge in [-0.1, -0.05) is 0 Å². The van der Waals surface area contributed by atoms with E-state index in [1.54, 1.807) is 4.90 Å². The van der Waals surface area contributed by atoms with Crippen LogP contribution in [-0.4, -0.2) is 47.4 Å². The minimum atomic E-state index is -1.20. The molecule has 0 heterocycles. The van der Waals surface area contributed by atoms with Crippen LogP contribution < -0.4 is 5.32 Å². The molecule has 0 radical (unpaired) electrons. The first-order valence-corrected chi connectivity index (χ1v) is 4.97. The maximum atomic E-state index is 11.4. The molecule has 0 aromatic rings. The monoisotopic (exact) mass is 228 g/mol. The molecule has 0 aromatic carbocycles. The van der Waals surface area contributed by atoms with E-state index in [4.69, 9.17) is 5.11 Å². The van der Waals surface area contributed by atoms with Gasteiger partial charge >= 0.3 is 5.97 Å². The highest BCUT2D eigenvalue weighted by Crippen LogP contribution is 1.87. The van der Waals surface area contributed by atoms with Crippen molar-refractivity contribution in [1.82, 2.24) is 10.2 Å². The Kier molecular flexibility index (Phi) is 6.58. The number of nitrogens with one attached hydrogen (secondary N) is 1. The fourth-order valence-corrected chi connectivity index (χ4v) is 1.06. The molecule has 0 spiro atoms. The van der Waals surface area contributed by atoms with Gasteiger partial charge in [0.2, 0.25) is 11.8 Å². The fraction of sp³-hybridized carbons (Fsp3) is 0.500. The van der Waals surface area contributed by atoms with E-state index in [0.29, 0.717) is 13.1 Å². The second kappa shape index (κ2) is 7.44. The van der Waals surface area contributed by atoms with Gasteiger partial charge in [-0.2, -0.15) is 0 Å². The van der Waals surface area contributed by atoms with E-state index in [0.717, 1.165) is 12.2 Å². The van der Waals surface area contributed by atoms with E-state index in [2.05, 4.69) is 5.32 Å². The van der Waals surface area contributed by atoms with Crippen LogP contribution in [0.25, 0.3) is 0 Å². The molecule has 90 valence electrons. The summed E-state index contributed by atoms with van der Waals surface area (Å²) in [5, 5.41) is 10.6. The Morgan fingerprint density at radius 1 is 1.19 bits per heavy atom. The number of carboxylic acids is 1. The van der Waals surface area contributed by atoms with E-state index < -0.39 is 11.9 Å². The van der Waals surface area contributed by atoms with Crippen LogP contribution in [-0.2, 0) is 14.4 Å². The van der Waals surface area contributed by atoms with Gasteiger partial charge in [0.25, 0.3) is 0 Å². The molecule has 0 aromatic heterocycles. The van der Waals surface area contributed by atoms with Crippen LogP contribution in [0.15, 0.2) is 12.2 Å². The molecule has 0 atom stereocenters. The molecule has 0 fully saturated rings. The Bertz CT molecular complexity index is 295. The van der Waals surface area contributed by atoms with Gasteiger partial charge < -0.3 is 15.3 Å². The summed E-state index contributed by atoms with van der Waals surface area (Å²) in [6, 6.07) is 0. The van der Waals surface area contributed by atoms with E-state index in [1.807, 2.05) is 13.8 Å². The number of amides is 2. The molecular weight excluding hydrogens is 212 g/mol. The van der Waals surface area contributed by atoms with Crippen molar-refractivity contribution in [3.63, 3.8) is 0 Å². The smallest absolute Gasteiger partial charge is 0.328 e. The summed E-state index contributed by atoms with van der Waals surface area (Å²) in [5.74, 6) is -1.99. The fourth-order valence-electron chi connectivity index (χ4n) is 1.06. The first-order valence-electron chi connectivity index (χ1n) is 4.97. The van der Waals surface area contributed by atoms with E-state index in [1.165, 1.54) is 0 Å². The third-order valence-electron chi connectivity index (χ3n) is 1.91. The first-order chi connectivity index (χ1) is 7.51. The van der Waals surface area contributed by atoms with Gasteiger partial charge in [0.15, 0.2) is 0 Å². The lowest BCUT2D eigenvalue weighted by Crippen LogP contribution is -2.39. The molecule has 2 N–H and O–H groups in total. The molecular formula is C10H16N2O4. The molecule has 0 aliphatic carbocycles. The van der Waals surface area contributed by atoms with Gasteiger partial charge in [-0.25, -0.2) is 4.79 Å². The molecule has 0 saturated heterocycles. The summed E-state index contributed by atoms with van der Waals surface area (Å²) in [5.41, 5.74) is 0. The number of carbonyl (C=O) groups excluding carboxylic acids is 2. The van der Waals surface area contributed by atoms with Crippen molar-refractivity contribution in [3.05, 3.63) is 12.2 Å². The Balaban J connectivity index is 4.01. The Morgan fingerprint density at radius 3 is 2.19 bits per heavy atom. The number of aliphatic carboxylic acids is 1. The zero-order valence-corrected chi connectivity index (χ0v) is 9.40. The molecule has 6 heteroatoms. The number of hydrogen-bond acceptors (Lipinski definition) is 3. The number of carbonyl (C=O) groups is 3. The van der Waals surface area contributed by atoms with Gasteiger partial charge in [-0.3, -0.25) is 9.59 Å². The SMILES string of the molecule is CCN(CC)C(=O)CNC(=O)/C=C/C(=O)O. The highest BCUT2D eigenvalue weighted by molar-refractivity contribution is 5.95. The van der Waals surface area contributed by atoms with Gasteiger partial charge in [-0.05, 0) is 13.8 Å². The maximum Gasteiger partial charge on any atom is 0.328 e. The molecule has 0 rings (SSSR count). The summed E-state index contributed by atoms with van der Waals surface area (Å²) in [4.78, 5) is 34.1. The zero-order valence-electron chi connectivity index (χ0n) is 9.40. The number of rotatable bonds is 6. The lowest BCUT2D eigenvalue weighted by atomic mass is 10.4. The Hall–Kier alpha value is -1.85.